The number of nitrogens with one attached hydrogen (secondary N) is 1. The molecule has 0 atom stereocenters. The molecule has 110 valence electrons. The molecule has 0 saturated carbocycles. The van der Waals surface area contributed by atoms with E-state index >= 15 is 0 Å². The van der Waals surface area contributed by atoms with Crippen molar-refractivity contribution in [1.82, 2.24) is 15.0 Å². The van der Waals surface area contributed by atoms with Crippen molar-refractivity contribution in [2.75, 3.05) is 24.3 Å². The highest BCUT2D eigenvalue weighted by atomic mass is 35.5. The molecule has 5 nitrogen and oxygen atoms in total. The standard InChI is InChI=1S/C15H18ClN5/c1-21(2)15-19-13(16)18-14(20-15)17-12-9-5-7-10-6-3-4-8-11(10)12/h5,7,9H,3-4,6,8H2,1-2H3,(H,17,18,19,20). The predicted octanol–water partition coefficient (Wildman–Crippen LogP) is 3.21. The Kier molecular flexibility index (Phi) is 3.92. The molecule has 1 N–H and O–H groups in total. The third kappa shape index (κ3) is 3.08. The van der Waals surface area contributed by atoms with Crippen molar-refractivity contribution >= 4 is 29.2 Å². The van der Waals surface area contributed by atoms with Crippen LogP contribution in [0.2, 0.25) is 5.28 Å². The summed E-state index contributed by atoms with van der Waals surface area (Å²) in [5, 5.41) is 3.49. The van der Waals surface area contributed by atoms with E-state index in [1.54, 1.807) is 4.90 Å². The van der Waals surface area contributed by atoms with Crippen molar-refractivity contribution in [3.8, 4) is 0 Å². The number of hydrogen-bond donors (Lipinski definition) is 1. The fraction of sp³-hybridized carbons (Fsp3) is 0.400. The van der Waals surface area contributed by atoms with E-state index in [0.717, 1.165) is 18.5 Å². The van der Waals surface area contributed by atoms with Gasteiger partial charge in [-0.2, -0.15) is 15.0 Å². The van der Waals surface area contributed by atoms with E-state index in [9.17, 15) is 0 Å². The largest absolute Gasteiger partial charge is 0.347 e. The van der Waals surface area contributed by atoms with Crippen LogP contribution < -0.4 is 10.2 Å². The lowest BCUT2D eigenvalue weighted by molar-refractivity contribution is 0.687. The highest BCUT2D eigenvalue weighted by Crippen LogP contribution is 2.29. The second kappa shape index (κ2) is 5.85. The van der Waals surface area contributed by atoms with Gasteiger partial charge in [0, 0.05) is 19.8 Å². The molecule has 0 saturated heterocycles. The third-order valence-corrected chi connectivity index (χ3v) is 3.81. The fourth-order valence-corrected chi connectivity index (χ4v) is 2.77. The summed E-state index contributed by atoms with van der Waals surface area (Å²) in [5.41, 5.74) is 3.85. The molecule has 2 aromatic rings. The minimum atomic E-state index is 0.195. The lowest BCUT2D eigenvalue weighted by Crippen LogP contribution is -2.15. The molecule has 0 amide bonds. The van der Waals surface area contributed by atoms with Crippen LogP contribution in [0.3, 0.4) is 0 Å². The summed E-state index contributed by atoms with van der Waals surface area (Å²) < 4.78 is 0. The third-order valence-electron chi connectivity index (χ3n) is 3.64. The SMILES string of the molecule is CN(C)c1nc(Cl)nc(Nc2cccc3c2CCCC3)n1. The minimum Gasteiger partial charge on any atom is -0.347 e. The van der Waals surface area contributed by atoms with Gasteiger partial charge in [0.15, 0.2) is 0 Å². The van der Waals surface area contributed by atoms with Gasteiger partial charge < -0.3 is 10.2 Å². The van der Waals surface area contributed by atoms with Crippen LogP contribution in [0.25, 0.3) is 0 Å². The predicted molar refractivity (Wildman–Crippen MR) is 85.5 cm³/mol. The maximum Gasteiger partial charge on any atom is 0.233 e. The van der Waals surface area contributed by atoms with Crippen LogP contribution in [0, 0.1) is 0 Å². The van der Waals surface area contributed by atoms with E-state index < -0.39 is 0 Å². The zero-order valence-corrected chi connectivity index (χ0v) is 13.0. The number of fused-ring (bicyclic) bond motifs is 1. The Morgan fingerprint density at radius 1 is 1.10 bits per heavy atom. The van der Waals surface area contributed by atoms with E-state index in [2.05, 4.69) is 38.5 Å². The highest BCUT2D eigenvalue weighted by molar-refractivity contribution is 6.28. The minimum absolute atomic E-state index is 0.195. The summed E-state index contributed by atoms with van der Waals surface area (Å²) in [7, 11) is 3.75. The molecule has 0 aliphatic heterocycles. The molecule has 0 bridgehead atoms. The number of anilines is 3. The van der Waals surface area contributed by atoms with E-state index in [-0.39, 0.29) is 5.28 Å². The second-order valence-electron chi connectivity index (χ2n) is 5.40. The molecule has 1 aromatic carbocycles. The summed E-state index contributed by atoms with van der Waals surface area (Å²) in [4.78, 5) is 14.4. The van der Waals surface area contributed by atoms with Gasteiger partial charge in [0.05, 0.1) is 0 Å². The van der Waals surface area contributed by atoms with E-state index in [1.807, 2.05) is 14.1 Å². The van der Waals surface area contributed by atoms with Crippen LogP contribution >= 0.6 is 11.6 Å². The maximum atomic E-state index is 5.97. The highest BCUT2D eigenvalue weighted by Gasteiger charge is 2.14. The first-order valence-electron chi connectivity index (χ1n) is 7.10. The van der Waals surface area contributed by atoms with Crippen molar-refractivity contribution < 1.29 is 0 Å². The van der Waals surface area contributed by atoms with E-state index in [1.165, 1.54) is 24.0 Å². The molecule has 1 aliphatic rings. The Hall–Kier alpha value is -1.88. The maximum absolute atomic E-state index is 5.97. The second-order valence-corrected chi connectivity index (χ2v) is 5.74. The van der Waals surface area contributed by atoms with E-state index in [4.69, 9.17) is 11.6 Å². The molecule has 0 fully saturated rings. The molecule has 0 spiro atoms. The van der Waals surface area contributed by atoms with Crippen molar-refractivity contribution in [1.29, 1.82) is 0 Å². The van der Waals surface area contributed by atoms with Crippen molar-refractivity contribution in [3.63, 3.8) is 0 Å². The van der Waals surface area contributed by atoms with Gasteiger partial charge in [-0.15, -0.1) is 0 Å². The lowest BCUT2D eigenvalue weighted by Gasteiger charge is -2.20. The number of nitrogens with zero attached hydrogens (tertiary/aromatic N) is 4. The Balaban J connectivity index is 1.94. The normalized spacial score (nSPS) is 13.7. The zero-order chi connectivity index (χ0) is 14.8. The number of aromatic nitrogens is 3. The first-order valence-corrected chi connectivity index (χ1v) is 7.48. The summed E-state index contributed by atoms with van der Waals surface area (Å²) in [6.07, 6.45) is 4.73. The average molecular weight is 304 g/mol. The van der Waals surface area contributed by atoms with Gasteiger partial charge in [-0.25, -0.2) is 0 Å². The molecule has 0 radical (unpaired) electrons. The van der Waals surface area contributed by atoms with Crippen molar-refractivity contribution in [2.24, 2.45) is 0 Å². The van der Waals surface area contributed by atoms with Gasteiger partial charge in [0.25, 0.3) is 0 Å². The first-order chi connectivity index (χ1) is 10.1. The topological polar surface area (TPSA) is 53.9 Å². The number of halogens is 1. The number of rotatable bonds is 3. The summed E-state index contributed by atoms with van der Waals surface area (Å²) in [5.74, 6) is 1.03. The van der Waals surface area contributed by atoms with Gasteiger partial charge in [0.1, 0.15) is 0 Å². The number of aryl methyl sites for hydroxylation is 1. The number of hydrogen-bond acceptors (Lipinski definition) is 5. The average Bonchev–Trinajstić information content (AvgIpc) is 2.47. The van der Waals surface area contributed by atoms with E-state index in [0.29, 0.717) is 11.9 Å². The molecular weight excluding hydrogens is 286 g/mol. The van der Waals surface area contributed by atoms with Crippen LogP contribution in [0.15, 0.2) is 18.2 Å². The lowest BCUT2D eigenvalue weighted by atomic mass is 9.90. The zero-order valence-electron chi connectivity index (χ0n) is 12.2. The van der Waals surface area contributed by atoms with Gasteiger partial charge >= 0.3 is 0 Å². The molecule has 1 aliphatic carbocycles. The first kappa shape index (κ1) is 14.1. The monoisotopic (exact) mass is 303 g/mol. The Bertz CT molecular complexity index is 657. The van der Waals surface area contributed by atoms with Crippen molar-refractivity contribution in [2.45, 2.75) is 25.7 Å². The van der Waals surface area contributed by atoms with Gasteiger partial charge in [-0.05, 0) is 54.5 Å². The smallest absolute Gasteiger partial charge is 0.233 e. The quantitative estimate of drug-likeness (QED) is 0.943. The molecular formula is C15H18ClN5. The summed E-state index contributed by atoms with van der Waals surface area (Å²) in [6.45, 7) is 0. The fourth-order valence-electron chi connectivity index (χ4n) is 2.61. The van der Waals surface area contributed by atoms with Gasteiger partial charge in [0.2, 0.25) is 17.2 Å². The Labute approximate surface area is 129 Å². The van der Waals surface area contributed by atoms with Crippen LogP contribution in [0.5, 0.6) is 0 Å². The number of benzene rings is 1. The molecule has 1 aromatic heterocycles. The molecule has 3 rings (SSSR count). The Morgan fingerprint density at radius 2 is 1.90 bits per heavy atom. The van der Waals surface area contributed by atoms with Gasteiger partial charge in [-0.1, -0.05) is 12.1 Å². The van der Waals surface area contributed by atoms with Gasteiger partial charge in [-0.3, -0.25) is 0 Å². The van der Waals surface area contributed by atoms with Crippen LogP contribution in [-0.4, -0.2) is 29.0 Å². The molecule has 0 unspecified atom stereocenters. The van der Waals surface area contributed by atoms with Crippen LogP contribution in [0.1, 0.15) is 24.0 Å². The summed E-state index contributed by atoms with van der Waals surface area (Å²) in [6, 6.07) is 6.34. The van der Waals surface area contributed by atoms with Crippen molar-refractivity contribution in [3.05, 3.63) is 34.6 Å². The summed E-state index contributed by atoms with van der Waals surface area (Å²) >= 11 is 5.97. The molecule has 6 heteroatoms. The Morgan fingerprint density at radius 3 is 2.71 bits per heavy atom. The molecule has 1 heterocycles. The van der Waals surface area contributed by atoms with Crippen LogP contribution in [-0.2, 0) is 12.8 Å². The van der Waals surface area contributed by atoms with Crippen LogP contribution in [0.4, 0.5) is 17.6 Å². The molecule has 21 heavy (non-hydrogen) atoms.